The number of sulfonamides is 1. The monoisotopic (exact) mass is 552 g/mol. The molecule has 1 aliphatic rings. The van der Waals surface area contributed by atoms with Gasteiger partial charge in [0.25, 0.3) is 0 Å². The maximum atomic E-state index is 13.5. The molecule has 0 radical (unpaired) electrons. The second-order valence-electron chi connectivity index (χ2n) is 8.64. The molecule has 1 saturated heterocycles. The molecular weight excluding hydrogens is 520 g/mol. The number of nitrogens with one attached hydrogen (secondary N) is 1. The summed E-state index contributed by atoms with van der Waals surface area (Å²) < 4.78 is 48.2. The van der Waals surface area contributed by atoms with Gasteiger partial charge in [-0.2, -0.15) is 0 Å². The third-order valence-electron chi connectivity index (χ3n) is 6.21. The highest BCUT2D eigenvalue weighted by Gasteiger charge is 2.34. The number of para-hydroxylation sites is 1. The third kappa shape index (κ3) is 6.49. The zero-order chi connectivity index (χ0) is 27.2. The van der Waals surface area contributed by atoms with Crippen molar-refractivity contribution in [1.29, 1.82) is 0 Å². The molecule has 3 atom stereocenters. The first-order valence-electron chi connectivity index (χ1n) is 11.8. The van der Waals surface area contributed by atoms with Crippen molar-refractivity contribution in [3.05, 3.63) is 35.3 Å². The van der Waals surface area contributed by atoms with E-state index >= 15 is 0 Å². The highest BCUT2D eigenvalue weighted by atomic mass is 35.5. The number of amidine groups is 1. The van der Waals surface area contributed by atoms with Crippen molar-refractivity contribution in [3.8, 4) is 17.2 Å². The molecule has 1 aliphatic heterocycles. The van der Waals surface area contributed by atoms with Crippen molar-refractivity contribution in [2.75, 3.05) is 32.2 Å². The number of methoxy groups -OCH3 is 2. The van der Waals surface area contributed by atoms with E-state index in [1.807, 2.05) is 0 Å². The Hall–Kier alpha value is -2.96. The highest BCUT2D eigenvalue weighted by Crippen LogP contribution is 2.38. The fourth-order valence-electron chi connectivity index (χ4n) is 4.00. The van der Waals surface area contributed by atoms with E-state index in [4.69, 9.17) is 25.8 Å². The van der Waals surface area contributed by atoms with Gasteiger partial charge in [-0.15, -0.1) is 10.2 Å². The Bertz CT molecular complexity index is 1240. The van der Waals surface area contributed by atoms with Gasteiger partial charge >= 0.3 is 0 Å². The first kappa shape index (κ1) is 28.6. The summed E-state index contributed by atoms with van der Waals surface area (Å²) in [6.45, 7) is 9.55. The largest absolute Gasteiger partial charge is 0.494 e. The zero-order valence-corrected chi connectivity index (χ0v) is 23.2. The second kappa shape index (κ2) is 12.5. The number of anilines is 1. The number of nitrogens with zero attached hydrogens (tertiary/aromatic N) is 5. The van der Waals surface area contributed by atoms with E-state index in [-0.39, 0.29) is 17.7 Å². The molecule has 2 aromatic rings. The third-order valence-corrected chi connectivity index (χ3v) is 8.16. The summed E-state index contributed by atoms with van der Waals surface area (Å²) in [5.74, 6) is 1.01. The van der Waals surface area contributed by atoms with E-state index in [1.165, 1.54) is 20.4 Å². The molecule has 2 heterocycles. The predicted molar refractivity (Wildman–Crippen MR) is 145 cm³/mol. The Labute approximate surface area is 222 Å². The number of ether oxygens (including phenoxy) is 3. The molecule has 1 N–H and O–H groups in total. The number of aliphatic imine (C=N–C) groups is 2. The fourth-order valence-corrected chi connectivity index (χ4v) is 5.28. The van der Waals surface area contributed by atoms with Gasteiger partial charge in [0.15, 0.2) is 0 Å². The Morgan fingerprint density at radius 2 is 1.97 bits per heavy atom. The van der Waals surface area contributed by atoms with Gasteiger partial charge in [-0.25, -0.2) is 18.4 Å². The van der Waals surface area contributed by atoms with Gasteiger partial charge in [0.05, 0.1) is 26.1 Å². The van der Waals surface area contributed by atoms with E-state index in [0.717, 1.165) is 12.8 Å². The summed E-state index contributed by atoms with van der Waals surface area (Å²) in [6, 6.07) is 5.29. The highest BCUT2D eigenvalue weighted by molar-refractivity contribution is 7.93. The maximum Gasteiger partial charge on any atom is 0.243 e. The minimum Gasteiger partial charge on any atom is -0.494 e. The summed E-state index contributed by atoms with van der Waals surface area (Å²) in [7, 11) is -0.947. The van der Waals surface area contributed by atoms with Crippen LogP contribution < -0.4 is 14.2 Å². The van der Waals surface area contributed by atoms with Crippen LogP contribution in [-0.4, -0.2) is 68.4 Å². The van der Waals surface area contributed by atoms with Crippen LogP contribution in [0.1, 0.15) is 45.4 Å². The van der Waals surface area contributed by atoms with Crippen LogP contribution in [0.3, 0.4) is 0 Å². The van der Waals surface area contributed by atoms with E-state index in [2.05, 4.69) is 31.6 Å². The van der Waals surface area contributed by atoms with Crippen LogP contribution in [0.4, 0.5) is 5.95 Å². The number of aromatic nitrogens is 3. The van der Waals surface area contributed by atoms with Gasteiger partial charge in [0.2, 0.25) is 16.0 Å². The molecule has 0 aliphatic carbocycles. The average Bonchev–Trinajstić information content (AvgIpc) is 3.30. The minimum absolute atomic E-state index is 0.00368. The van der Waals surface area contributed by atoms with Crippen LogP contribution in [-0.2, 0) is 14.8 Å². The Morgan fingerprint density at radius 1 is 1.30 bits per heavy atom. The van der Waals surface area contributed by atoms with Gasteiger partial charge in [0.1, 0.15) is 28.8 Å². The fraction of sp³-hybridized carbons (Fsp3) is 0.500. The number of hydrogen-bond donors (Lipinski definition) is 1. The first-order chi connectivity index (χ1) is 17.6. The summed E-state index contributed by atoms with van der Waals surface area (Å²) in [6.07, 6.45) is 3.06. The summed E-state index contributed by atoms with van der Waals surface area (Å²) >= 11 is 5.87. The quantitative estimate of drug-likeness (QED) is 0.346. The van der Waals surface area contributed by atoms with Crippen LogP contribution in [0.5, 0.6) is 11.5 Å². The smallest absolute Gasteiger partial charge is 0.243 e. The summed E-state index contributed by atoms with van der Waals surface area (Å²) in [5, 5.41) is 8.09. The van der Waals surface area contributed by atoms with Crippen molar-refractivity contribution < 1.29 is 22.6 Å². The number of hydrogen-bond acceptors (Lipinski definition) is 8. The van der Waals surface area contributed by atoms with Crippen LogP contribution in [0, 0.1) is 5.92 Å². The lowest BCUT2D eigenvalue weighted by atomic mass is 10.0. The molecule has 11 nitrogen and oxygen atoms in total. The van der Waals surface area contributed by atoms with E-state index in [1.54, 1.807) is 43.5 Å². The SMILES string of the molecule is C=NC(=N/C=C(\C)Cl)[C@@H](C)[C@H](C)S(=O)(=O)Nc1nnc([C@@H]2CCCOC2)n1-c1c(OC)cccc1OC. The topological polar surface area (TPSA) is 129 Å². The Balaban J connectivity index is 2.09. The molecule has 0 saturated carbocycles. The minimum atomic E-state index is -4.00. The number of benzene rings is 1. The van der Waals surface area contributed by atoms with Crippen molar-refractivity contribution in [3.63, 3.8) is 0 Å². The molecule has 37 heavy (non-hydrogen) atoms. The molecule has 1 aromatic carbocycles. The lowest BCUT2D eigenvalue weighted by Crippen LogP contribution is -2.35. The molecule has 0 amide bonds. The summed E-state index contributed by atoms with van der Waals surface area (Å²) in [4.78, 5) is 8.08. The van der Waals surface area contributed by atoms with Crippen molar-refractivity contribution >= 4 is 40.1 Å². The molecule has 202 valence electrons. The van der Waals surface area contributed by atoms with E-state index in [0.29, 0.717) is 41.3 Å². The lowest BCUT2D eigenvalue weighted by molar-refractivity contribution is 0.0775. The number of rotatable bonds is 10. The molecular formula is C24H33ClN6O5S. The van der Waals surface area contributed by atoms with Crippen LogP contribution in [0.2, 0.25) is 0 Å². The Morgan fingerprint density at radius 3 is 2.51 bits per heavy atom. The van der Waals surface area contributed by atoms with Gasteiger partial charge in [-0.3, -0.25) is 9.29 Å². The number of halogens is 1. The molecule has 13 heteroatoms. The van der Waals surface area contributed by atoms with Crippen molar-refractivity contribution in [2.45, 2.75) is 44.8 Å². The van der Waals surface area contributed by atoms with E-state index in [9.17, 15) is 8.42 Å². The van der Waals surface area contributed by atoms with Crippen molar-refractivity contribution in [1.82, 2.24) is 14.8 Å². The predicted octanol–water partition coefficient (Wildman–Crippen LogP) is 4.14. The van der Waals surface area contributed by atoms with Crippen molar-refractivity contribution in [2.24, 2.45) is 15.9 Å². The van der Waals surface area contributed by atoms with Gasteiger partial charge in [0, 0.05) is 29.7 Å². The molecule has 3 rings (SSSR count). The second-order valence-corrected chi connectivity index (χ2v) is 11.3. The van der Waals surface area contributed by atoms with Crippen LogP contribution in [0.15, 0.2) is 39.4 Å². The zero-order valence-electron chi connectivity index (χ0n) is 21.6. The molecule has 1 aromatic heterocycles. The maximum absolute atomic E-state index is 13.5. The molecule has 0 bridgehead atoms. The van der Waals surface area contributed by atoms with E-state index < -0.39 is 21.2 Å². The van der Waals surface area contributed by atoms with Gasteiger partial charge in [-0.1, -0.05) is 24.6 Å². The van der Waals surface area contributed by atoms with Gasteiger partial charge < -0.3 is 14.2 Å². The first-order valence-corrected chi connectivity index (χ1v) is 13.7. The van der Waals surface area contributed by atoms with Crippen LogP contribution >= 0.6 is 11.6 Å². The average molecular weight is 553 g/mol. The summed E-state index contributed by atoms with van der Waals surface area (Å²) in [5.41, 5.74) is 0.481. The molecule has 1 fully saturated rings. The standard InChI is InChI=1S/C24H33ClN6O5S/c1-15(25)13-27-22(26-4)16(2)17(3)37(32,33)30-24-29-28-23(18-9-8-12-36-14-18)31(24)21-19(34-5)10-7-11-20(21)35-6/h7,10-11,13,16-18H,4,8-9,12,14H2,1-3,5-6H3,(H,29,30)/b15-13+,27-22?/t16-,17-,18+/m0/s1. The Kier molecular flexibility index (Phi) is 9.68. The van der Waals surface area contributed by atoms with Crippen LogP contribution in [0.25, 0.3) is 5.69 Å². The molecule has 0 spiro atoms. The molecule has 0 unspecified atom stereocenters. The number of allylic oxidation sites excluding steroid dienone is 1. The lowest BCUT2D eigenvalue weighted by Gasteiger charge is -2.24. The normalized spacial score (nSPS) is 18.7. The van der Waals surface area contributed by atoms with Gasteiger partial charge in [-0.05, 0) is 45.5 Å².